The molecule has 1 N–H and O–H groups in total. The zero-order valence-electron chi connectivity index (χ0n) is 11.3. The summed E-state index contributed by atoms with van der Waals surface area (Å²) in [6, 6.07) is 15.1. The maximum atomic E-state index is 11.8. The van der Waals surface area contributed by atoms with Crippen molar-refractivity contribution in [1.82, 2.24) is 0 Å². The first kappa shape index (κ1) is 12.7. The monoisotopic (exact) mass is 268 g/mol. The van der Waals surface area contributed by atoms with Crippen molar-refractivity contribution >= 4 is 5.97 Å². The fraction of sp³-hybridized carbons (Fsp3) is 0.235. The predicted molar refractivity (Wildman–Crippen MR) is 76.5 cm³/mol. The van der Waals surface area contributed by atoms with Crippen LogP contribution in [0.4, 0.5) is 0 Å². The molecule has 0 heterocycles. The molecule has 3 heteroatoms. The summed E-state index contributed by atoms with van der Waals surface area (Å²) >= 11 is 0. The predicted octanol–water partition coefficient (Wildman–Crippen LogP) is 3.26. The third-order valence-corrected chi connectivity index (χ3v) is 3.96. The van der Waals surface area contributed by atoms with Gasteiger partial charge in [-0.25, -0.2) is 0 Å². The summed E-state index contributed by atoms with van der Waals surface area (Å²) in [7, 11) is 1.44. The van der Waals surface area contributed by atoms with Crippen LogP contribution in [0.25, 0.3) is 11.1 Å². The summed E-state index contributed by atoms with van der Waals surface area (Å²) in [4.78, 5) is 11.8. The number of phenolic OH excluding ortho intramolecular Hbond substituents is 1. The Morgan fingerprint density at radius 3 is 1.95 bits per heavy atom. The van der Waals surface area contributed by atoms with Gasteiger partial charge in [0.15, 0.2) is 0 Å². The van der Waals surface area contributed by atoms with Gasteiger partial charge in [-0.2, -0.15) is 0 Å². The minimum absolute atomic E-state index is 0.144. The van der Waals surface area contributed by atoms with Crippen LogP contribution in [-0.4, -0.2) is 18.2 Å². The smallest absolute Gasteiger partial charge is 0.316 e. The number of methoxy groups -OCH3 is 1. The van der Waals surface area contributed by atoms with Crippen molar-refractivity contribution in [2.24, 2.45) is 0 Å². The Labute approximate surface area is 117 Å². The Balaban J connectivity index is 1.89. The molecule has 0 amide bonds. The van der Waals surface area contributed by atoms with Crippen molar-refractivity contribution in [3.8, 4) is 16.9 Å². The molecule has 102 valence electrons. The number of benzene rings is 2. The Hall–Kier alpha value is -2.29. The van der Waals surface area contributed by atoms with Gasteiger partial charge in [-0.1, -0.05) is 36.4 Å². The van der Waals surface area contributed by atoms with Crippen LogP contribution in [0.2, 0.25) is 0 Å². The number of phenols is 1. The Morgan fingerprint density at radius 1 is 1.00 bits per heavy atom. The van der Waals surface area contributed by atoms with E-state index in [9.17, 15) is 9.90 Å². The van der Waals surface area contributed by atoms with Gasteiger partial charge in [-0.15, -0.1) is 0 Å². The van der Waals surface area contributed by atoms with Crippen molar-refractivity contribution in [2.75, 3.05) is 7.11 Å². The maximum absolute atomic E-state index is 11.8. The van der Waals surface area contributed by atoms with Crippen LogP contribution in [0.15, 0.2) is 48.5 Å². The average molecular weight is 268 g/mol. The quantitative estimate of drug-likeness (QED) is 0.869. The van der Waals surface area contributed by atoms with Crippen LogP contribution in [0.1, 0.15) is 18.4 Å². The highest BCUT2D eigenvalue weighted by molar-refractivity contribution is 5.86. The van der Waals surface area contributed by atoms with E-state index in [1.54, 1.807) is 12.1 Å². The van der Waals surface area contributed by atoms with Crippen molar-refractivity contribution in [3.63, 3.8) is 0 Å². The molecule has 0 saturated heterocycles. The molecule has 0 unspecified atom stereocenters. The van der Waals surface area contributed by atoms with Gasteiger partial charge in [-0.05, 0) is 41.7 Å². The highest BCUT2D eigenvalue weighted by Crippen LogP contribution is 2.49. The second-order valence-corrected chi connectivity index (χ2v) is 5.20. The third-order valence-electron chi connectivity index (χ3n) is 3.96. The molecule has 0 aliphatic heterocycles. The lowest BCUT2D eigenvalue weighted by atomic mass is 9.94. The van der Waals surface area contributed by atoms with Crippen molar-refractivity contribution in [3.05, 3.63) is 54.1 Å². The molecule has 0 atom stereocenters. The van der Waals surface area contributed by atoms with Crippen molar-refractivity contribution in [1.29, 1.82) is 0 Å². The molecular weight excluding hydrogens is 252 g/mol. The summed E-state index contributed by atoms with van der Waals surface area (Å²) in [5, 5.41) is 9.30. The molecule has 1 aliphatic carbocycles. The van der Waals surface area contributed by atoms with Gasteiger partial charge in [0.05, 0.1) is 12.5 Å². The Kier molecular flexibility index (Phi) is 2.97. The number of carbonyl (C=O) groups is 1. The van der Waals surface area contributed by atoms with Gasteiger partial charge in [0.25, 0.3) is 0 Å². The molecule has 1 aliphatic rings. The maximum Gasteiger partial charge on any atom is 0.316 e. The van der Waals surface area contributed by atoms with E-state index >= 15 is 0 Å². The van der Waals surface area contributed by atoms with Gasteiger partial charge in [0, 0.05) is 0 Å². The molecular formula is C17H16O3. The van der Waals surface area contributed by atoms with Gasteiger partial charge in [0.1, 0.15) is 5.75 Å². The molecule has 1 fully saturated rings. The zero-order chi connectivity index (χ0) is 14.2. The summed E-state index contributed by atoms with van der Waals surface area (Å²) in [5.41, 5.74) is 2.71. The standard InChI is InChI=1S/C17H16O3/c1-20-16(19)17(10-11-17)14-6-2-12(3-7-14)13-4-8-15(18)9-5-13/h2-9,18H,10-11H2,1H3. The lowest BCUT2D eigenvalue weighted by Gasteiger charge is -2.13. The topological polar surface area (TPSA) is 46.5 Å². The first-order valence-electron chi connectivity index (χ1n) is 6.64. The van der Waals surface area contributed by atoms with Crippen molar-refractivity contribution < 1.29 is 14.6 Å². The molecule has 0 bridgehead atoms. The lowest BCUT2D eigenvalue weighted by molar-refractivity contribution is -0.143. The van der Waals surface area contributed by atoms with Gasteiger partial charge >= 0.3 is 5.97 Å². The summed E-state index contributed by atoms with van der Waals surface area (Å²) < 4.78 is 4.89. The van der Waals surface area contributed by atoms with E-state index in [0.717, 1.165) is 29.5 Å². The molecule has 20 heavy (non-hydrogen) atoms. The highest BCUT2D eigenvalue weighted by atomic mass is 16.5. The fourth-order valence-electron chi connectivity index (χ4n) is 2.57. The van der Waals surface area contributed by atoms with E-state index in [1.165, 1.54) is 7.11 Å². The van der Waals surface area contributed by atoms with Crippen LogP contribution in [0.5, 0.6) is 5.75 Å². The minimum atomic E-state index is -0.414. The number of esters is 1. The zero-order valence-corrected chi connectivity index (χ0v) is 11.3. The minimum Gasteiger partial charge on any atom is -0.508 e. The number of aromatic hydroxyl groups is 1. The largest absolute Gasteiger partial charge is 0.508 e. The number of ether oxygens (including phenoxy) is 1. The second kappa shape index (κ2) is 4.67. The molecule has 1 saturated carbocycles. The van der Waals surface area contributed by atoms with Gasteiger partial charge in [-0.3, -0.25) is 4.79 Å². The number of hydrogen-bond acceptors (Lipinski definition) is 3. The van der Waals surface area contributed by atoms with E-state index in [1.807, 2.05) is 36.4 Å². The van der Waals surface area contributed by atoms with E-state index in [2.05, 4.69) is 0 Å². The third kappa shape index (κ3) is 2.05. The lowest BCUT2D eigenvalue weighted by Crippen LogP contribution is -2.21. The molecule has 2 aromatic carbocycles. The first-order valence-corrected chi connectivity index (χ1v) is 6.64. The SMILES string of the molecule is COC(=O)C1(c2ccc(-c3ccc(O)cc3)cc2)CC1. The fourth-order valence-corrected chi connectivity index (χ4v) is 2.57. The molecule has 3 rings (SSSR count). The Bertz CT molecular complexity index is 622. The van der Waals surface area contributed by atoms with Crippen LogP contribution in [-0.2, 0) is 14.9 Å². The van der Waals surface area contributed by atoms with Gasteiger partial charge in [0.2, 0.25) is 0 Å². The molecule has 0 spiro atoms. The van der Waals surface area contributed by atoms with Gasteiger partial charge < -0.3 is 9.84 Å². The van der Waals surface area contributed by atoms with Crippen LogP contribution in [0, 0.1) is 0 Å². The van der Waals surface area contributed by atoms with E-state index < -0.39 is 5.41 Å². The van der Waals surface area contributed by atoms with Crippen LogP contribution < -0.4 is 0 Å². The van der Waals surface area contributed by atoms with E-state index in [4.69, 9.17) is 4.74 Å². The van der Waals surface area contributed by atoms with E-state index in [0.29, 0.717) is 0 Å². The molecule has 0 radical (unpaired) electrons. The summed E-state index contributed by atoms with van der Waals surface area (Å²) in [5.74, 6) is 0.114. The highest BCUT2D eigenvalue weighted by Gasteiger charge is 2.52. The Morgan fingerprint density at radius 2 is 1.50 bits per heavy atom. The normalized spacial score (nSPS) is 15.7. The number of carbonyl (C=O) groups excluding carboxylic acids is 1. The first-order chi connectivity index (χ1) is 9.65. The number of hydrogen-bond donors (Lipinski definition) is 1. The second-order valence-electron chi connectivity index (χ2n) is 5.20. The summed E-state index contributed by atoms with van der Waals surface area (Å²) in [6.45, 7) is 0. The van der Waals surface area contributed by atoms with E-state index in [-0.39, 0.29) is 11.7 Å². The van der Waals surface area contributed by atoms with Crippen LogP contribution >= 0.6 is 0 Å². The van der Waals surface area contributed by atoms with Crippen molar-refractivity contribution in [2.45, 2.75) is 18.3 Å². The number of rotatable bonds is 3. The molecule has 3 nitrogen and oxygen atoms in total. The van der Waals surface area contributed by atoms with Crippen LogP contribution in [0.3, 0.4) is 0 Å². The molecule has 2 aromatic rings. The molecule has 0 aromatic heterocycles. The summed E-state index contributed by atoms with van der Waals surface area (Å²) in [6.07, 6.45) is 1.72. The average Bonchev–Trinajstić information content (AvgIpc) is 3.29.